The van der Waals surface area contributed by atoms with Gasteiger partial charge in [0.1, 0.15) is 11.6 Å². The number of anilines is 1. The number of hydrogen-bond acceptors (Lipinski definition) is 2. The van der Waals surface area contributed by atoms with Crippen LogP contribution < -0.4 is 10.1 Å². The maximum Gasteiger partial charge on any atom is 0.146 e. The molecule has 0 aliphatic rings. The number of halogens is 1. The second-order valence-electron chi connectivity index (χ2n) is 5.15. The van der Waals surface area contributed by atoms with Crippen molar-refractivity contribution in [2.24, 2.45) is 5.92 Å². The van der Waals surface area contributed by atoms with E-state index in [4.69, 9.17) is 4.74 Å². The lowest BCUT2D eigenvalue weighted by atomic mass is 10.2. The second-order valence-corrected chi connectivity index (χ2v) is 5.15. The molecule has 0 spiro atoms. The molecule has 2 nitrogen and oxygen atoms in total. The molecule has 0 aromatic heterocycles. The van der Waals surface area contributed by atoms with Crippen molar-refractivity contribution in [3.05, 3.63) is 59.9 Å². The molecule has 0 amide bonds. The van der Waals surface area contributed by atoms with E-state index in [2.05, 4.69) is 19.2 Å². The Morgan fingerprint density at radius 3 is 2.50 bits per heavy atom. The second kappa shape index (κ2) is 6.94. The zero-order valence-electron chi connectivity index (χ0n) is 11.9. The monoisotopic (exact) mass is 273 g/mol. The van der Waals surface area contributed by atoms with E-state index in [-0.39, 0.29) is 5.82 Å². The van der Waals surface area contributed by atoms with Gasteiger partial charge in [-0.15, -0.1) is 0 Å². The lowest BCUT2D eigenvalue weighted by molar-refractivity contribution is 0.269. The van der Waals surface area contributed by atoms with Gasteiger partial charge in [0.15, 0.2) is 0 Å². The minimum absolute atomic E-state index is 0.243. The van der Waals surface area contributed by atoms with E-state index in [1.807, 2.05) is 30.3 Å². The molecule has 0 bridgehead atoms. The fourth-order valence-corrected chi connectivity index (χ4v) is 1.84. The summed E-state index contributed by atoms with van der Waals surface area (Å²) in [6, 6.07) is 14.5. The van der Waals surface area contributed by atoms with Gasteiger partial charge in [-0.25, -0.2) is 4.39 Å². The molecular weight excluding hydrogens is 253 g/mol. The number of para-hydroxylation sites is 2. The van der Waals surface area contributed by atoms with E-state index in [0.29, 0.717) is 24.8 Å². The highest BCUT2D eigenvalue weighted by Crippen LogP contribution is 2.21. The molecule has 2 aromatic rings. The van der Waals surface area contributed by atoms with E-state index in [1.165, 1.54) is 6.07 Å². The van der Waals surface area contributed by atoms with Gasteiger partial charge < -0.3 is 10.1 Å². The highest BCUT2D eigenvalue weighted by molar-refractivity contribution is 5.46. The number of rotatable bonds is 6. The molecule has 0 fully saturated rings. The summed E-state index contributed by atoms with van der Waals surface area (Å²) in [5.41, 5.74) is 1.53. The Balaban J connectivity index is 2.04. The Labute approximate surface area is 119 Å². The average molecular weight is 273 g/mol. The minimum atomic E-state index is -0.243. The van der Waals surface area contributed by atoms with Crippen molar-refractivity contribution < 1.29 is 9.13 Å². The standard InChI is InChI=1S/C17H20FNO/c1-13(2)12-20-17-10-6-3-7-14(17)11-19-16-9-5-4-8-15(16)18/h3-10,13,19H,11-12H2,1-2H3. The molecule has 0 aliphatic carbocycles. The third-order valence-corrected chi connectivity index (χ3v) is 2.89. The van der Waals surface area contributed by atoms with Gasteiger partial charge >= 0.3 is 0 Å². The van der Waals surface area contributed by atoms with Gasteiger partial charge in [-0.3, -0.25) is 0 Å². The van der Waals surface area contributed by atoms with Gasteiger partial charge in [0.05, 0.1) is 12.3 Å². The van der Waals surface area contributed by atoms with Crippen LogP contribution in [0.3, 0.4) is 0 Å². The zero-order chi connectivity index (χ0) is 14.4. The molecule has 0 radical (unpaired) electrons. The smallest absolute Gasteiger partial charge is 0.146 e. The fourth-order valence-electron chi connectivity index (χ4n) is 1.84. The number of benzene rings is 2. The zero-order valence-corrected chi connectivity index (χ0v) is 11.9. The van der Waals surface area contributed by atoms with Crippen molar-refractivity contribution in [2.45, 2.75) is 20.4 Å². The Kier molecular flexibility index (Phi) is 4.99. The van der Waals surface area contributed by atoms with E-state index in [1.54, 1.807) is 12.1 Å². The van der Waals surface area contributed by atoms with Crippen LogP contribution >= 0.6 is 0 Å². The van der Waals surface area contributed by atoms with Crippen LogP contribution in [0.4, 0.5) is 10.1 Å². The lowest BCUT2D eigenvalue weighted by Gasteiger charge is -2.14. The first-order valence-electron chi connectivity index (χ1n) is 6.86. The van der Waals surface area contributed by atoms with Crippen LogP contribution in [0.25, 0.3) is 0 Å². The van der Waals surface area contributed by atoms with Crippen molar-refractivity contribution in [3.8, 4) is 5.75 Å². The van der Waals surface area contributed by atoms with Crippen molar-refractivity contribution in [1.82, 2.24) is 0 Å². The van der Waals surface area contributed by atoms with Crippen LogP contribution in [-0.4, -0.2) is 6.61 Å². The molecule has 0 atom stereocenters. The summed E-state index contributed by atoms with van der Waals surface area (Å²) in [5, 5.41) is 3.10. The SMILES string of the molecule is CC(C)COc1ccccc1CNc1ccccc1F. The first-order chi connectivity index (χ1) is 9.66. The van der Waals surface area contributed by atoms with Gasteiger partial charge in [-0.1, -0.05) is 44.2 Å². The normalized spacial score (nSPS) is 10.6. The summed E-state index contributed by atoms with van der Waals surface area (Å²) in [6.45, 7) is 5.44. The molecule has 3 heteroatoms. The molecule has 1 N–H and O–H groups in total. The van der Waals surface area contributed by atoms with Gasteiger partial charge in [-0.2, -0.15) is 0 Å². The van der Waals surface area contributed by atoms with Crippen LogP contribution in [0.5, 0.6) is 5.75 Å². The third-order valence-electron chi connectivity index (χ3n) is 2.89. The maximum atomic E-state index is 13.6. The van der Waals surface area contributed by atoms with Crippen molar-refractivity contribution >= 4 is 5.69 Å². The minimum Gasteiger partial charge on any atom is -0.493 e. The average Bonchev–Trinajstić information content (AvgIpc) is 2.45. The topological polar surface area (TPSA) is 21.3 Å². The van der Waals surface area contributed by atoms with Crippen LogP contribution in [0.1, 0.15) is 19.4 Å². The Morgan fingerprint density at radius 2 is 1.75 bits per heavy atom. The quantitative estimate of drug-likeness (QED) is 0.838. The molecule has 0 unspecified atom stereocenters. The molecule has 0 aliphatic heterocycles. The third kappa shape index (κ3) is 3.98. The largest absolute Gasteiger partial charge is 0.493 e. The summed E-state index contributed by atoms with van der Waals surface area (Å²) in [6.07, 6.45) is 0. The molecule has 2 rings (SSSR count). The van der Waals surface area contributed by atoms with Gasteiger partial charge in [0.2, 0.25) is 0 Å². The fraction of sp³-hybridized carbons (Fsp3) is 0.294. The Bertz CT molecular complexity index is 554. The van der Waals surface area contributed by atoms with Crippen LogP contribution in [0, 0.1) is 11.7 Å². The van der Waals surface area contributed by atoms with Crippen LogP contribution in [-0.2, 0) is 6.54 Å². The molecular formula is C17H20FNO. The predicted octanol–water partition coefficient (Wildman–Crippen LogP) is 4.47. The molecule has 20 heavy (non-hydrogen) atoms. The number of hydrogen-bond donors (Lipinski definition) is 1. The van der Waals surface area contributed by atoms with E-state index in [0.717, 1.165) is 11.3 Å². The van der Waals surface area contributed by atoms with Crippen LogP contribution in [0.15, 0.2) is 48.5 Å². The van der Waals surface area contributed by atoms with Gasteiger partial charge in [0, 0.05) is 12.1 Å². The summed E-state index contributed by atoms with van der Waals surface area (Å²) < 4.78 is 19.3. The Morgan fingerprint density at radius 1 is 1.05 bits per heavy atom. The number of ether oxygens (including phenoxy) is 1. The highest BCUT2D eigenvalue weighted by Gasteiger charge is 2.05. The van der Waals surface area contributed by atoms with E-state index >= 15 is 0 Å². The van der Waals surface area contributed by atoms with Gasteiger partial charge in [-0.05, 0) is 24.1 Å². The first kappa shape index (κ1) is 14.4. The predicted molar refractivity (Wildman–Crippen MR) is 80.5 cm³/mol. The lowest BCUT2D eigenvalue weighted by Crippen LogP contribution is -2.08. The molecule has 0 heterocycles. The van der Waals surface area contributed by atoms with Gasteiger partial charge in [0.25, 0.3) is 0 Å². The summed E-state index contributed by atoms with van der Waals surface area (Å²) in [7, 11) is 0. The highest BCUT2D eigenvalue weighted by atomic mass is 19.1. The summed E-state index contributed by atoms with van der Waals surface area (Å²) in [4.78, 5) is 0. The van der Waals surface area contributed by atoms with Crippen LogP contribution in [0.2, 0.25) is 0 Å². The maximum absolute atomic E-state index is 13.6. The molecule has 2 aromatic carbocycles. The van der Waals surface area contributed by atoms with Crippen molar-refractivity contribution in [1.29, 1.82) is 0 Å². The Hall–Kier alpha value is -2.03. The molecule has 0 saturated carbocycles. The molecule has 106 valence electrons. The number of nitrogens with one attached hydrogen (secondary N) is 1. The summed E-state index contributed by atoms with van der Waals surface area (Å²) in [5.74, 6) is 1.08. The first-order valence-corrected chi connectivity index (χ1v) is 6.86. The van der Waals surface area contributed by atoms with E-state index < -0.39 is 0 Å². The van der Waals surface area contributed by atoms with Crippen molar-refractivity contribution in [2.75, 3.05) is 11.9 Å². The summed E-state index contributed by atoms with van der Waals surface area (Å²) >= 11 is 0. The molecule has 0 saturated heterocycles. The van der Waals surface area contributed by atoms with Crippen molar-refractivity contribution in [3.63, 3.8) is 0 Å². The van der Waals surface area contributed by atoms with E-state index in [9.17, 15) is 4.39 Å².